The Morgan fingerprint density at radius 1 is 1.73 bits per heavy atom. The van der Waals surface area contributed by atoms with Crippen molar-refractivity contribution < 1.29 is 9.13 Å². The zero-order valence-corrected chi connectivity index (χ0v) is 6.17. The molecule has 0 aromatic carbocycles. The average Bonchev–Trinajstić information content (AvgIpc) is 2.05. The van der Waals surface area contributed by atoms with Crippen LogP contribution in [0.3, 0.4) is 0 Å². The maximum Gasteiger partial charge on any atom is 0.183 e. The molecule has 0 saturated carbocycles. The fraction of sp³-hybridized carbons (Fsp3) is 0.125. The Morgan fingerprint density at radius 3 is 3.00 bits per heavy atom. The van der Waals surface area contributed by atoms with E-state index in [9.17, 15) is 4.39 Å². The zero-order chi connectivity index (χ0) is 8.27. The first-order chi connectivity index (χ1) is 5.27. The minimum atomic E-state index is -0.460. The molecule has 1 aromatic heterocycles. The summed E-state index contributed by atoms with van der Waals surface area (Å²) in [5, 5.41) is 0. The molecule has 0 bridgehead atoms. The molecule has 0 N–H and O–H groups in total. The van der Waals surface area contributed by atoms with Crippen LogP contribution in [0.2, 0.25) is 0 Å². The molecule has 0 atom stereocenters. The zero-order valence-electron chi connectivity index (χ0n) is 6.17. The Kier molecular flexibility index (Phi) is 2.21. The van der Waals surface area contributed by atoms with Crippen LogP contribution in [0.1, 0.15) is 5.69 Å². The number of halogens is 1. The smallest absolute Gasteiger partial charge is 0.183 e. The van der Waals surface area contributed by atoms with Gasteiger partial charge in [-0.05, 0) is 6.08 Å². The van der Waals surface area contributed by atoms with E-state index in [0.717, 1.165) is 6.20 Å². The fourth-order valence-corrected chi connectivity index (χ4v) is 0.703. The maximum absolute atomic E-state index is 12.7. The predicted octanol–water partition coefficient (Wildman–Crippen LogP) is 1.87. The first kappa shape index (κ1) is 7.72. The van der Waals surface area contributed by atoms with Crippen LogP contribution in [0.25, 0.3) is 6.08 Å². The summed E-state index contributed by atoms with van der Waals surface area (Å²) >= 11 is 0. The summed E-state index contributed by atoms with van der Waals surface area (Å²) in [7, 11) is 1.41. The molecular formula is C8H8FNO. The molecule has 0 aliphatic carbocycles. The van der Waals surface area contributed by atoms with Crippen LogP contribution < -0.4 is 4.74 Å². The van der Waals surface area contributed by atoms with Crippen LogP contribution in [0.4, 0.5) is 4.39 Å². The van der Waals surface area contributed by atoms with Crippen molar-refractivity contribution in [2.24, 2.45) is 0 Å². The van der Waals surface area contributed by atoms with Crippen LogP contribution >= 0.6 is 0 Å². The number of methoxy groups -OCH3 is 1. The molecule has 1 heterocycles. The predicted molar refractivity (Wildman–Crippen MR) is 40.8 cm³/mol. The normalized spacial score (nSPS) is 9.27. The van der Waals surface area contributed by atoms with Crippen molar-refractivity contribution in [2.75, 3.05) is 7.11 Å². The highest BCUT2D eigenvalue weighted by molar-refractivity contribution is 5.44. The second kappa shape index (κ2) is 3.14. The third kappa shape index (κ3) is 1.55. The summed E-state index contributed by atoms with van der Waals surface area (Å²) in [4.78, 5) is 3.73. The van der Waals surface area contributed by atoms with Crippen molar-refractivity contribution in [3.63, 3.8) is 0 Å². The number of rotatable bonds is 2. The van der Waals surface area contributed by atoms with E-state index >= 15 is 0 Å². The molecule has 2 nitrogen and oxygen atoms in total. The molecule has 0 aliphatic rings. The molecule has 11 heavy (non-hydrogen) atoms. The SMILES string of the molecule is C=Cc1cc(OC)c(F)cn1. The number of ether oxygens (including phenoxy) is 1. The van der Waals surface area contributed by atoms with E-state index < -0.39 is 5.82 Å². The van der Waals surface area contributed by atoms with Gasteiger partial charge >= 0.3 is 0 Å². The molecule has 0 aliphatic heterocycles. The Morgan fingerprint density at radius 2 is 2.45 bits per heavy atom. The first-order valence-electron chi connectivity index (χ1n) is 3.10. The van der Waals surface area contributed by atoms with Crippen molar-refractivity contribution in [1.82, 2.24) is 4.98 Å². The van der Waals surface area contributed by atoms with E-state index in [1.54, 1.807) is 0 Å². The summed E-state index contributed by atoms with van der Waals surface area (Å²) in [6, 6.07) is 1.49. The van der Waals surface area contributed by atoms with Gasteiger partial charge in [0, 0.05) is 6.07 Å². The van der Waals surface area contributed by atoms with E-state index in [1.165, 1.54) is 19.3 Å². The number of nitrogens with zero attached hydrogens (tertiary/aromatic N) is 1. The minimum Gasteiger partial charge on any atom is -0.494 e. The number of aromatic nitrogens is 1. The molecule has 0 amide bonds. The fourth-order valence-electron chi connectivity index (χ4n) is 0.703. The molecule has 58 valence electrons. The third-order valence-electron chi connectivity index (χ3n) is 1.27. The largest absolute Gasteiger partial charge is 0.494 e. The van der Waals surface area contributed by atoms with Gasteiger partial charge in [0.1, 0.15) is 0 Å². The van der Waals surface area contributed by atoms with Crippen LogP contribution in [0, 0.1) is 5.82 Å². The van der Waals surface area contributed by atoms with Gasteiger partial charge in [-0.15, -0.1) is 0 Å². The van der Waals surface area contributed by atoms with E-state index in [2.05, 4.69) is 11.6 Å². The average molecular weight is 153 g/mol. The lowest BCUT2D eigenvalue weighted by atomic mass is 10.3. The Balaban J connectivity index is 3.12. The highest BCUT2D eigenvalue weighted by Crippen LogP contribution is 2.16. The number of pyridine rings is 1. The minimum absolute atomic E-state index is 0.190. The van der Waals surface area contributed by atoms with Gasteiger partial charge in [-0.1, -0.05) is 6.58 Å². The Bertz CT molecular complexity index is 273. The van der Waals surface area contributed by atoms with E-state index in [1.807, 2.05) is 0 Å². The molecule has 1 rings (SSSR count). The molecule has 1 aromatic rings. The third-order valence-corrected chi connectivity index (χ3v) is 1.27. The lowest BCUT2D eigenvalue weighted by Gasteiger charge is -2.00. The van der Waals surface area contributed by atoms with E-state index in [0.29, 0.717) is 5.69 Å². The Hall–Kier alpha value is -1.38. The van der Waals surface area contributed by atoms with Gasteiger partial charge in [0.05, 0.1) is 19.0 Å². The van der Waals surface area contributed by atoms with Crippen LogP contribution in [-0.4, -0.2) is 12.1 Å². The molecule has 0 spiro atoms. The van der Waals surface area contributed by atoms with E-state index in [-0.39, 0.29) is 5.75 Å². The van der Waals surface area contributed by atoms with Gasteiger partial charge in [0.2, 0.25) is 0 Å². The van der Waals surface area contributed by atoms with Crippen molar-refractivity contribution in [1.29, 1.82) is 0 Å². The monoisotopic (exact) mass is 153 g/mol. The molecule has 0 radical (unpaired) electrons. The summed E-state index contributed by atoms with van der Waals surface area (Å²) in [5.41, 5.74) is 0.600. The summed E-state index contributed by atoms with van der Waals surface area (Å²) in [6.07, 6.45) is 2.64. The summed E-state index contributed by atoms with van der Waals surface area (Å²) in [6.45, 7) is 3.50. The second-order valence-corrected chi connectivity index (χ2v) is 1.95. The van der Waals surface area contributed by atoms with Gasteiger partial charge in [-0.25, -0.2) is 4.39 Å². The molecular weight excluding hydrogens is 145 g/mol. The van der Waals surface area contributed by atoms with Gasteiger partial charge in [0.25, 0.3) is 0 Å². The Labute approximate surface area is 64.3 Å². The second-order valence-electron chi connectivity index (χ2n) is 1.95. The van der Waals surface area contributed by atoms with Crippen molar-refractivity contribution >= 4 is 6.08 Å². The topological polar surface area (TPSA) is 22.1 Å². The van der Waals surface area contributed by atoms with Crippen LogP contribution in [-0.2, 0) is 0 Å². The van der Waals surface area contributed by atoms with Gasteiger partial charge in [0.15, 0.2) is 11.6 Å². The highest BCUT2D eigenvalue weighted by atomic mass is 19.1. The van der Waals surface area contributed by atoms with Crippen molar-refractivity contribution in [2.45, 2.75) is 0 Å². The molecule has 0 unspecified atom stereocenters. The standard InChI is InChI=1S/C8H8FNO/c1-3-6-4-8(11-2)7(9)5-10-6/h3-5H,1H2,2H3. The first-order valence-corrected chi connectivity index (χ1v) is 3.10. The van der Waals surface area contributed by atoms with E-state index in [4.69, 9.17) is 4.74 Å². The quantitative estimate of drug-likeness (QED) is 0.647. The highest BCUT2D eigenvalue weighted by Gasteiger charge is 2.01. The lowest BCUT2D eigenvalue weighted by Crippen LogP contribution is -1.90. The molecule has 0 fully saturated rings. The van der Waals surface area contributed by atoms with Gasteiger partial charge < -0.3 is 4.74 Å². The number of hydrogen-bond acceptors (Lipinski definition) is 2. The summed E-state index contributed by atoms with van der Waals surface area (Å²) < 4.78 is 17.4. The van der Waals surface area contributed by atoms with Gasteiger partial charge in [-0.2, -0.15) is 0 Å². The molecule has 3 heteroatoms. The van der Waals surface area contributed by atoms with Gasteiger partial charge in [-0.3, -0.25) is 4.98 Å². The van der Waals surface area contributed by atoms with Crippen LogP contribution in [0.5, 0.6) is 5.75 Å². The number of hydrogen-bond donors (Lipinski definition) is 0. The van der Waals surface area contributed by atoms with Crippen LogP contribution in [0.15, 0.2) is 18.8 Å². The van der Waals surface area contributed by atoms with Crippen molar-refractivity contribution in [3.05, 3.63) is 30.4 Å². The summed E-state index contributed by atoms with van der Waals surface area (Å²) in [5.74, 6) is -0.270. The lowest BCUT2D eigenvalue weighted by molar-refractivity contribution is 0.385. The molecule has 0 saturated heterocycles. The maximum atomic E-state index is 12.7. The van der Waals surface area contributed by atoms with Crippen molar-refractivity contribution in [3.8, 4) is 5.75 Å².